The summed E-state index contributed by atoms with van der Waals surface area (Å²) in [6, 6.07) is 0. The summed E-state index contributed by atoms with van der Waals surface area (Å²) in [7, 11) is 0. The summed E-state index contributed by atoms with van der Waals surface area (Å²) in [5, 5.41) is 32.4. The van der Waals surface area contributed by atoms with Gasteiger partial charge in [-0.1, -0.05) is 31.9 Å². The fourth-order valence-electron chi connectivity index (χ4n) is 6.75. The molecule has 1 unspecified atom stereocenters. The highest BCUT2D eigenvalue weighted by Crippen LogP contribution is 2.66. The molecule has 3 heteroatoms. The summed E-state index contributed by atoms with van der Waals surface area (Å²) in [6.45, 7) is 4.44. The van der Waals surface area contributed by atoms with Crippen molar-refractivity contribution >= 4 is 0 Å². The lowest BCUT2D eigenvalue weighted by molar-refractivity contribution is -0.273. The standard InChI is InChI=1S/C19H30O3/c1-17-8-4-6-13(17)16-14(7-10-17)18(2)12(11-15(16)20)5-3-9-19(18,21)22/h11,13-16,20-22H,3-10H2,1-2H3/t13-,14-,15?,16-,17-,18-/m0/s1. The zero-order valence-electron chi connectivity index (χ0n) is 13.9. The second-order valence-corrected chi connectivity index (χ2v) is 8.93. The van der Waals surface area contributed by atoms with Crippen LogP contribution in [-0.4, -0.2) is 27.2 Å². The molecule has 0 aromatic heterocycles. The lowest BCUT2D eigenvalue weighted by Crippen LogP contribution is -2.62. The maximum absolute atomic E-state index is 10.8. The van der Waals surface area contributed by atoms with Gasteiger partial charge in [-0.25, -0.2) is 0 Å². The van der Waals surface area contributed by atoms with Gasteiger partial charge in [0.05, 0.1) is 6.10 Å². The molecular weight excluding hydrogens is 276 g/mol. The smallest absolute Gasteiger partial charge is 0.172 e. The van der Waals surface area contributed by atoms with Gasteiger partial charge in [0.25, 0.3) is 0 Å². The molecule has 0 spiro atoms. The molecule has 3 fully saturated rings. The normalized spacial score (nSPS) is 53.2. The summed E-state index contributed by atoms with van der Waals surface area (Å²) in [5.74, 6) is -0.679. The molecule has 4 aliphatic rings. The van der Waals surface area contributed by atoms with E-state index in [1.807, 2.05) is 6.08 Å². The van der Waals surface area contributed by atoms with E-state index in [0.717, 1.165) is 24.8 Å². The first-order chi connectivity index (χ1) is 10.3. The van der Waals surface area contributed by atoms with Crippen LogP contribution in [0.25, 0.3) is 0 Å². The predicted molar refractivity (Wildman–Crippen MR) is 84.9 cm³/mol. The van der Waals surface area contributed by atoms with Gasteiger partial charge in [-0.2, -0.15) is 0 Å². The minimum atomic E-state index is -1.62. The average molecular weight is 306 g/mol. The zero-order chi connectivity index (χ0) is 15.8. The minimum Gasteiger partial charge on any atom is -0.389 e. The Balaban J connectivity index is 1.81. The summed E-state index contributed by atoms with van der Waals surface area (Å²) in [5.41, 5.74) is 0.879. The van der Waals surface area contributed by atoms with Gasteiger partial charge >= 0.3 is 0 Å². The summed E-state index contributed by atoms with van der Waals surface area (Å²) >= 11 is 0. The van der Waals surface area contributed by atoms with E-state index in [-0.39, 0.29) is 11.8 Å². The first-order valence-electron chi connectivity index (χ1n) is 9.14. The Morgan fingerprint density at radius 1 is 1.00 bits per heavy atom. The fourth-order valence-corrected chi connectivity index (χ4v) is 6.75. The molecule has 0 aromatic carbocycles. The summed E-state index contributed by atoms with van der Waals surface area (Å²) in [6.07, 6.45) is 9.67. The van der Waals surface area contributed by atoms with E-state index in [9.17, 15) is 15.3 Å². The van der Waals surface area contributed by atoms with E-state index in [2.05, 4.69) is 13.8 Å². The molecule has 3 saturated carbocycles. The highest BCUT2D eigenvalue weighted by Gasteiger charge is 2.63. The Kier molecular flexibility index (Phi) is 3.16. The predicted octanol–water partition coefficient (Wildman–Crippen LogP) is 2.99. The van der Waals surface area contributed by atoms with Crippen LogP contribution < -0.4 is 0 Å². The highest BCUT2D eigenvalue weighted by molar-refractivity contribution is 5.30. The molecular formula is C19H30O3. The lowest BCUT2D eigenvalue weighted by Gasteiger charge is -2.61. The van der Waals surface area contributed by atoms with Crippen molar-refractivity contribution in [1.82, 2.24) is 0 Å². The van der Waals surface area contributed by atoms with Crippen molar-refractivity contribution in [3.8, 4) is 0 Å². The van der Waals surface area contributed by atoms with Crippen LogP contribution in [0.2, 0.25) is 0 Å². The van der Waals surface area contributed by atoms with Gasteiger partial charge in [0, 0.05) is 11.8 Å². The summed E-state index contributed by atoms with van der Waals surface area (Å²) in [4.78, 5) is 0. The highest BCUT2D eigenvalue weighted by atomic mass is 16.5. The van der Waals surface area contributed by atoms with Crippen LogP contribution in [0.1, 0.15) is 65.2 Å². The van der Waals surface area contributed by atoms with Crippen molar-refractivity contribution in [1.29, 1.82) is 0 Å². The Morgan fingerprint density at radius 2 is 1.77 bits per heavy atom. The molecule has 3 nitrogen and oxygen atoms in total. The van der Waals surface area contributed by atoms with Crippen LogP contribution in [0.5, 0.6) is 0 Å². The van der Waals surface area contributed by atoms with Crippen LogP contribution in [0.3, 0.4) is 0 Å². The second kappa shape index (κ2) is 4.58. The molecule has 0 heterocycles. The first kappa shape index (κ1) is 15.2. The third kappa shape index (κ3) is 1.73. The lowest BCUT2D eigenvalue weighted by atomic mass is 9.46. The molecule has 3 N–H and O–H groups in total. The Labute approximate surface area is 133 Å². The van der Waals surface area contributed by atoms with E-state index < -0.39 is 17.3 Å². The van der Waals surface area contributed by atoms with Crippen LogP contribution in [0.4, 0.5) is 0 Å². The van der Waals surface area contributed by atoms with Gasteiger partial charge in [-0.05, 0) is 61.7 Å². The van der Waals surface area contributed by atoms with Gasteiger partial charge in [-0.3, -0.25) is 0 Å². The largest absolute Gasteiger partial charge is 0.389 e. The molecule has 124 valence electrons. The van der Waals surface area contributed by atoms with Crippen LogP contribution in [0.15, 0.2) is 11.6 Å². The van der Waals surface area contributed by atoms with Gasteiger partial charge in [0.1, 0.15) is 0 Å². The number of hydrogen-bond donors (Lipinski definition) is 3. The zero-order valence-corrected chi connectivity index (χ0v) is 13.9. The van der Waals surface area contributed by atoms with E-state index in [1.165, 1.54) is 25.7 Å². The molecule has 6 atom stereocenters. The molecule has 0 radical (unpaired) electrons. The number of aliphatic hydroxyl groups excluding tert-OH is 1. The maximum atomic E-state index is 10.8. The maximum Gasteiger partial charge on any atom is 0.172 e. The minimum absolute atomic E-state index is 0.201. The Bertz CT molecular complexity index is 511. The van der Waals surface area contributed by atoms with Crippen molar-refractivity contribution in [3.05, 3.63) is 11.6 Å². The van der Waals surface area contributed by atoms with Crippen LogP contribution in [-0.2, 0) is 0 Å². The number of rotatable bonds is 0. The van der Waals surface area contributed by atoms with E-state index in [4.69, 9.17) is 0 Å². The summed E-state index contributed by atoms with van der Waals surface area (Å²) < 4.78 is 0. The van der Waals surface area contributed by atoms with Crippen LogP contribution in [0, 0.1) is 28.6 Å². The number of fused-ring (bicyclic) bond motifs is 5. The van der Waals surface area contributed by atoms with Crippen molar-refractivity contribution < 1.29 is 15.3 Å². The van der Waals surface area contributed by atoms with Crippen molar-refractivity contribution in [2.45, 2.75) is 77.1 Å². The van der Waals surface area contributed by atoms with Gasteiger partial charge in [0.15, 0.2) is 5.79 Å². The SMILES string of the molecule is C[C@@]12CCC[C@H]1[C@@H]1C(O)C=C3CCCC(O)(O)[C@]3(C)[C@H]1CC2. The third-order valence-corrected chi connectivity index (χ3v) is 8.09. The Hall–Kier alpha value is -0.380. The molecule has 4 aliphatic carbocycles. The average Bonchev–Trinajstić information content (AvgIpc) is 2.83. The van der Waals surface area contributed by atoms with Gasteiger partial charge < -0.3 is 15.3 Å². The van der Waals surface area contributed by atoms with Gasteiger partial charge in [0.2, 0.25) is 0 Å². The molecule has 0 aliphatic heterocycles. The first-order valence-corrected chi connectivity index (χ1v) is 9.14. The quantitative estimate of drug-likeness (QED) is 0.476. The topological polar surface area (TPSA) is 60.7 Å². The molecule has 0 aromatic rings. The molecule has 0 saturated heterocycles. The molecule has 0 bridgehead atoms. The van der Waals surface area contributed by atoms with Crippen LogP contribution >= 0.6 is 0 Å². The number of hydrogen-bond acceptors (Lipinski definition) is 3. The van der Waals surface area contributed by atoms with Crippen molar-refractivity contribution in [2.75, 3.05) is 0 Å². The fraction of sp³-hybridized carbons (Fsp3) is 0.895. The van der Waals surface area contributed by atoms with E-state index in [1.54, 1.807) is 0 Å². The molecule has 0 amide bonds. The monoisotopic (exact) mass is 306 g/mol. The third-order valence-electron chi connectivity index (χ3n) is 8.09. The van der Waals surface area contributed by atoms with E-state index in [0.29, 0.717) is 17.8 Å². The van der Waals surface area contributed by atoms with Crippen molar-refractivity contribution in [2.24, 2.45) is 28.6 Å². The van der Waals surface area contributed by atoms with E-state index >= 15 is 0 Å². The number of aliphatic hydroxyl groups is 3. The molecule has 4 rings (SSSR count). The van der Waals surface area contributed by atoms with Gasteiger partial charge in [-0.15, -0.1) is 0 Å². The Morgan fingerprint density at radius 3 is 2.55 bits per heavy atom. The molecule has 22 heavy (non-hydrogen) atoms. The second-order valence-electron chi connectivity index (χ2n) is 8.93. The van der Waals surface area contributed by atoms with Crippen molar-refractivity contribution in [3.63, 3.8) is 0 Å².